The van der Waals surface area contributed by atoms with Gasteiger partial charge < -0.3 is 9.47 Å². The molecule has 1 aromatic carbocycles. The van der Waals surface area contributed by atoms with Crippen molar-refractivity contribution >= 4 is 46.4 Å². The number of rotatable bonds is 7. The van der Waals surface area contributed by atoms with E-state index >= 15 is 0 Å². The van der Waals surface area contributed by atoms with Crippen LogP contribution in [-0.4, -0.2) is 11.6 Å². The highest BCUT2D eigenvalue weighted by Crippen LogP contribution is 2.32. The molecule has 1 atom stereocenters. The summed E-state index contributed by atoms with van der Waals surface area (Å²) in [6, 6.07) is 7.17. The Kier molecular flexibility index (Phi) is 7.66. The van der Waals surface area contributed by atoms with E-state index in [1.807, 2.05) is 19.1 Å². The summed E-state index contributed by atoms with van der Waals surface area (Å²) in [5, 5.41) is 0.945. The van der Waals surface area contributed by atoms with E-state index in [0.29, 0.717) is 21.4 Å². The zero-order valence-corrected chi connectivity index (χ0v) is 15.8. The highest BCUT2D eigenvalue weighted by Gasteiger charge is 2.12. The van der Waals surface area contributed by atoms with Crippen molar-refractivity contribution in [3.63, 3.8) is 0 Å². The third kappa shape index (κ3) is 5.83. The zero-order valence-electron chi connectivity index (χ0n) is 12.8. The lowest BCUT2D eigenvalue weighted by Crippen LogP contribution is -2.02. The molecule has 0 bridgehead atoms. The molecule has 0 radical (unpaired) electrons. The molecule has 0 saturated heterocycles. The molecule has 3 nitrogen and oxygen atoms in total. The number of benzene rings is 1. The Morgan fingerprint density at radius 3 is 2.38 bits per heavy atom. The number of hydrogen-bond donors (Lipinski definition) is 0. The Balaban J connectivity index is 2.01. The van der Waals surface area contributed by atoms with Gasteiger partial charge in [-0.2, -0.15) is 0 Å². The molecular formula is C17H15Cl4NO2. The SMILES string of the molecule is C[C@@H](OCc1c(Cl)cc(OCC=C(Cl)Cl)cc1Cl)c1ccncc1. The molecule has 7 heteroatoms. The summed E-state index contributed by atoms with van der Waals surface area (Å²) >= 11 is 23.6. The van der Waals surface area contributed by atoms with Gasteiger partial charge >= 0.3 is 0 Å². The molecule has 0 fully saturated rings. The van der Waals surface area contributed by atoms with Crippen molar-refractivity contribution in [2.45, 2.75) is 19.6 Å². The third-order valence-corrected chi connectivity index (χ3v) is 4.24. The Labute approximate surface area is 161 Å². The summed E-state index contributed by atoms with van der Waals surface area (Å²) in [7, 11) is 0. The summed E-state index contributed by atoms with van der Waals surface area (Å²) in [6.45, 7) is 2.47. The molecule has 0 aliphatic carbocycles. The van der Waals surface area contributed by atoms with Crippen LogP contribution in [0.15, 0.2) is 47.2 Å². The fourth-order valence-corrected chi connectivity index (χ4v) is 2.64. The predicted octanol–water partition coefficient (Wildman–Crippen LogP) is 6.36. The van der Waals surface area contributed by atoms with Gasteiger partial charge in [-0.05, 0) is 42.8 Å². The van der Waals surface area contributed by atoms with Gasteiger partial charge in [0.2, 0.25) is 0 Å². The standard InChI is InChI=1S/C17H15Cl4NO2/c1-11(12-2-5-22-6-3-12)24-10-14-15(18)8-13(9-16(14)19)23-7-4-17(20)21/h2-6,8-9,11H,7,10H2,1H3/t11-/m1/s1. The van der Waals surface area contributed by atoms with Crippen LogP contribution in [0.2, 0.25) is 10.0 Å². The smallest absolute Gasteiger partial charge is 0.122 e. The van der Waals surface area contributed by atoms with Gasteiger partial charge in [-0.1, -0.05) is 46.4 Å². The molecule has 128 valence electrons. The fourth-order valence-electron chi connectivity index (χ4n) is 1.94. The van der Waals surface area contributed by atoms with Crippen LogP contribution >= 0.6 is 46.4 Å². The summed E-state index contributed by atoms with van der Waals surface area (Å²) in [5.74, 6) is 0.529. The van der Waals surface area contributed by atoms with Gasteiger partial charge in [0.25, 0.3) is 0 Å². The molecule has 0 unspecified atom stereocenters. The minimum absolute atomic E-state index is 0.105. The van der Waals surface area contributed by atoms with Crippen LogP contribution in [0, 0.1) is 0 Å². The van der Waals surface area contributed by atoms with E-state index in [1.54, 1.807) is 24.5 Å². The van der Waals surface area contributed by atoms with Crippen molar-refractivity contribution in [2.75, 3.05) is 6.61 Å². The van der Waals surface area contributed by atoms with Gasteiger partial charge in [0.15, 0.2) is 0 Å². The topological polar surface area (TPSA) is 31.4 Å². The average Bonchev–Trinajstić information content (AvgIpc) is 2.54. The second-order valence-corrected chi connectivity index (χ2v) is 6.73. The maximum Gasteiger partial charge on any atom is 0.122 e. The van der Waals surface area contributed by atoms with E-state index in [0.717, 1.165) is 5.56 Å². The predicted molar refractivity (Wildman–Crippen MR) is 99.2 cm³/mol. The maximum atomic E-state index is 6.28. The van der Waals surface area contributed by atoms with E-state index in [-0.39, 0.29) is 23.8 Å². The van der Waals surface area contributed by atoms with Crippen molar-refractivity contribution in [3.8, 4) is 5.75 Å². The summed E-state index contributed by atoms with van der Waals surface area (Å²) < 4.78 is 11.5. The molecule has 0 saturated carbocycles. The molecule has 1 aromatic heterocycles. The molecule has 24 heavy (non-hydrogen) atoms. The van der Waals surface area contributed by atoms with Crippen LogP contribution in [0.25, 0.3) is 0 Å². The van der Waals surface area contributed by atoms with Gasteiger partial charge in [-0.25, -0.2) is 0 Å². The molecule has 1 heterocycles. The second-order valence-electron chi connectivity index (χ2n) is 4.90. The number of hydrogen-bond acceptors (Lipinski definition) is 3. The van der Waals surface area contributed by atoms with Crippen molar-refractivity contribution < 1.29 is 9.47 Å². The molecule has 2 rings (SSSR count). The number of aromatic nitrogens is 1. The number of ether oxygens (including phenoxy) is 2. The molecule has 0 aliphatic heterocycles. The van der Waals surface area contributed by atoms with Gasteiger partial charge in [0.1, 0.15) is 16.8 Å². The molecule has 2 aromatic rings. The first-order valence-corrected chi connectivity index (χ1v) is 8.62. The van der Waals surface area contributed by atoms with E-state index < -0.39 is 0 Å². The maximum absolute atomic E-state index is 6.28. The lowest BCUT2D eigenvalue weighted by molar-refractivity contribution is 0.0526. The van der Waals surface area contributed by atoms with Crippen LogP contribution in [0.5, 0.6) is 5.75 Å². The Morgan fingerprint density at radius 1 is 1.17 bits per heavy atom. The normalized spacial score (nSPS) is 11.9. The minimum Gasteiger partial charge on any atom is -0.489 e. The first-order valence-electron chi connectivity index (χ1n) is 7.10. The lowest BCUT2D eigenvalue weighted by Gasteiger charge is -2.15. The van der Waals surface area contributed by atoms with E-state index in [9.17, 15) is 0 Å². The van der Waals surface area contributed by atoms with Crippen molar-refractivity contribution in [3.05, 3.63) is 68.4 Å². The fraction of sp³-hybridized carbons (Fsp3) is 0.235. The summed E-state index contributed by atoms with van der Waals surface area (Å²) in [5.41, 5.74) is 1.74. The van der Waals surface area contributed by atoms with E-state index in [1.165, 1.54) is 6.08 Å². The monoisotopic (exact) mass is 405 g/mol. The van der Waals surface area contributed by atoms with Gasteiger partial charge in [-0.3, -0.25) is 4.98 Å². The average molecular weight is 407 g/mol. The minimum atomic E-state index is -0.105. The van der Waals surface area contributed by atoms with Crippen molar-refractivity contribution in [2.24, 2.45) is 0 Å². The van der Waals surface area contributed by atoms with Gasteiger partial charge in [0.05, 0.1) is 22.8 Å². The van der Waals surface area contributed by atoms with Crippen molar-refractivity contribution in [1.82, 2.24) is 4.98 Å². The summed E-state index contributed by atoms with van der Waals surface area (Å²) in [6.07, 6.45) is 4.87. The molecule has 0 aliphatic rings. The van der Waals surface area contributed by atoms with Crippen LogP contribution in [0.4, 0.5) is 0 Å². The highest BCUT2D eigenvalue weighted by molar-refractivity contribution is 6.55. The Bertz CT molecular complexity index is 680. The third-order valence-electron chi connectivity index (χ3n) is 3.26. The molecule has 0 N–H and O–H groups in total. The molecule has 0 amide bonds. The van der Waals surface area contributed by atoms with E-state index in [4.69, 9.17) is 55.9 Å². The van der Waals surface area contributed by atoms with E-state index in [2.05, 4.69) is 4.98 Å². The van der Waals surface area contributed by atoms with Crippen LogP contribution in [0.1, 0.15) is 24.2 Å². The van der Waals surface area contributed by atoms with Crippen LogP contribution in [0.3, 0.4) is 0 Å². The van der Waals surface area contributed by atoms with Gasteiger partial charge in [-0.15, -0.1) is 0 Å². The number of halogens is 4. The Morgan fingerprint density at radius 2 is 1.79 bits per heavy atom. The number of nitrogens with zero attached hydrogens (tertiary/aromatic N) is 1. The second kappa shape index (κ2) is 9.50. The largest absolute Gasteiger partial charge is 0.489 e. The Hall–Kier alpha value is -0.970. The van der Waals surface area contributed by atoms with Gasteiger partial charge in [0, 0.05) is 18.0 Å². The van der Waals surface area contributed by atoms with Crippen LogP contribution in [-0.2, 0) is 11.3 Å². The highest BCUT2D eigenvalue weighted by atomic mass is 35.5. The summed E-state index contributed by atoms with van der Waals surface area (Å²) in [4.78, 5) is 3.99. The van der Waals surface area contributed by atoms with Crippen molar-refractivity contribution in [1.29, 1.82) is 0 Å². The molecular weight excluding hydrogens is 392 g/mol. The quantitative estimate of drug-likeness (QED) is 0.535. The number of pyridine rings is 1. The van der Waals surface area contributed by atoms with Crippen LogP contribution < -0.4 is 4.74 Å². The first kappa shape index (κ1) is 19.4. The molecule has 0 spiro atoms. The lowest BCUT2D eigenvalue weighted by atomic mass is 10.1. The first-order chi connectivity index (χ1) is 11.5. The zero-order chi connectivity index (χ0) is 17.5.